The lowest BCUT2D eigenvalue weighted by Gasteiger charge is -2.11. The van der Waals surface area contributed by atoms with E-state index in [4.69, 9.17) is 31.1 Å². The molecular formula is C25H23ClN6O2. The van der Waals surface area contributed by atoms with E-state index in [-0.39, 0.29) is 12.1 Å². The minimum absolute atomic E-state index is 0.0501. The lowest BCUT2D eigenvalue weighted by molar-refractivity contribution is 0.0595. The van der Waals surface area contributed by atoms with Crippen LogP contribution in [0.4, 0.5) is 0 Å². The van der Waals surface area contributed by atoms with E-state index in [2.05, 4.69) is 31.5 Å². The highest BCUT2D eigenvalue weighted by atomic mass is 35.5. The Morgan fingerprint density at radius 1 is 1.15 bits per heavy atom. The van der Waals surface area contributed by atoms with E-state index in [0.717, 1.165) is 39.9 Å². The van der Waals surface area contributed by atoms with Crippen LogP contribution in [-0.4, -0.2) is 42.9 Å². The number of fused-ring (bicyclic) bond motifs is 5. The maximum atomic E-state index is 6.37. The zero-order valence-corrected chi connectivity index (χ0v) is 19.6. The predicted molar refractivity (Wildman–Crippen MR) is 128 cm³/mol. The number of aromatic nitrogens is 5. The SMILES string of the molecule is CC(C)OCc1nnc2n1Cc1c(C3=N[C@@H](c4ccccc4)CO3)ncn1-c1ccc(Cl)cc1-2. The molecule has 2 aliphatic heterocycles. The number of halogens is 1. The van der Waals surface area contributed by atoms with E-state index in [1.807, 2.05) is 56.6 Å². The summed E-state index contributed by atoms with van der Waals surface area (Å²) in [6.07, 6.45) is 1.89. The zero-order valence-electron chi connectivity index (χ0n) is 18.8. The van der Waals surface area contributed by atoms with Crippen molar-refractivity contribution in [2.75, 3.05) is 6.61 Å². The van der Waals surface area contributed by atoms with Crippen LogP contribution in [0.1, 0.15) is 42.7 Å². The summed E-state index contributed by atoms with van der Waals surface area (Å²) >= 11 is 6.37. The van der Waals surface area contributed by atoms with E-state index >= 15 is 0 Å². The van der Waals surface area contributed by atoms with Gasteiger partial charge in [0, 0.05) is 10.6 Å². The number of ether oxygens (including phenoxy) is 2. The van der Waals surface area contributed by atoms with Crippen LogP contribution in [0.3, 0.4) is 0 Å². The van der Waals surface area contributed by atoms with Gasteiger partial charge < -0.3 is 14.0 Å². The lowest BCUT2D eigenvalue weighted by atomic mass is 10.1. The zero-order chi connectivity index (χ0) is 23.2. The van der Waals surface area contributed by atoms with Gasteiger partial charge in [0.25, 0.3) is 0 Å². The number of aliphatic imine (C=N–C) groups is 1. The van der Waals surface area contributed by atoms with Crippen LogP contribution in [0.15, 0.2) is 59.9 Å². The number of benzene rings is 2. The molecular weight excluding hydrogens is 452 g/mol. The second-order valence-corrected chi connectivity index (χ2v) is 9.07. The van der Waals surface area contributed by atoms with Crippen molar-refractivity contribution in [1.82, 2.24) is 24.3 Å². The van der Waals surface area contributed by atoms with Gasteiger partial charge in [-0.1, -0.05) is 41.9 Å². The van der Waals surface area contributed by atoms with Crippen LogP contribution in [0.2, 0.25) is 5.02 Å². The molecule has 1 atom stereocenters. The molecule has 6 rings (SSSR count). The molecule has 0 amide bonds. The van der Waals surface area contributed by atoms with Gasteiger partial charge in [-0.25, -0.2) is 9.98 Å². The third-order valence-electron chi connectivity index (χ3n) is 6.04. The van der Waals surface area contributed by atoms with Crippen molar-refractivity contribution >= 4 is 17.5 Å². The molecule has 4 heterocycles. The molecule has 34 heavy (non-hydrogen) atoms. The highest BCUT2D eigenvalue weighted by Crippen LogP contribution is 2.35. The van der Waals surface area contributed by atoms with Crippen molar-refractivity contribution in [1.29, 1.82) is 0 Å². The van der Waals surface area contributed by atoms with Gasteiger partial charge in [0.05, 0.1) is 24.0 Å². The normalized spacial score (nSPS) is 16.5. The quantitative estimate of drug-likeness (QED) is 0.372. The highest BCUT2D eigenvalue weighted by molar-refractivity contribution is 6.31. The average molecular weight is 475 g/mol. The molecule has 4 aromatic rings. The maximum absolute atomic E-state index is 6.37. The number of hydrogen-bond acceptors (Lipinski definition) is 6. The number of hydrogen-bond donors (Lipinski definition) is 0. The molecule has 0 bridgehead atoms. The fraction of sp³-hybridized carbons (Fsp3) is 0.280. The minimum Gasteiger partial charge on any atom is -0.474 e. The molecule has 0 radical (unpaired) electrons. The van der Waals surface area contributed by atoms with Crippen LogP contribution in [0.25, 0.3) is 17.1 Å². The Morgan fingerprint density at radius 2 is 2.00 bits per heavy atom. The van der Waals surface area contributed by atoms with Crippen LogP contribution >= 0.6 is 11.6 Å². The summed E-state index contributed by atoms with van der Waals surface area (Å²) in [5, 5.41) is 9.56. The summed E-state index contributed by atoms with van der Waals surface area (Å²) in [7, 11) is 0. The first-order valence-electron chi connectivity index (χ1n) is 11.2. The molecule has 0 saturated carbocycles. The van der Waals surface area contributed by atoms with Crippen LogP contribution in [-0.2, 0) is 22.6 Å². The first kappa shape index (κ1) is 21.1. The van der Waals surface area contributed by atoms with Gasteiger partial charge in [-0.2, -0.15) is 0 Å². The lowest BCUT2D eigenvalue weighted by Crippen LogP contribution is -2.14. The first-order valence-corrected chi connectivity index (χ1v) is 11.6. The summed E-state index contributed by atoms with van der Waals surface area (Å²) in [5.74, 6) is 2.03. The Kier molecular flexibility index (Phi) is 5.19. The second kappa shape index (κ2) is 8.38. The van der Waals surface area contributed by atoms with Crippen LogP contribution in [0.5, 0.6) is 0 Å². The summed E-state index contributed by atoms with van der Waals surface area (Å²) in [6, 6.07) is 15.9. The molecule has 8 nitrogen and oxygen atoms in total. The van der Waals surface area contributed by atoms with E-state index in [0.29, 0.717) is 30.7 Å². The predicted octanol–water partition coefficient (Wildman–Crippen LogP) is 4.59. The van der Waals surface area contributed by atoms with Gasteiger partial charge in [-0.15, -0.1) is 10.2 Å². The molecule has 0 fully saturated rings. The molecule has 2 aromatic heterocycles. The largest absolute Gasteiger partial charge is 0.474 e. The fourth-order valence-corrected chi connectivity index (χ4v) is 4.53. The summed E-state index contributed by atoms with van der Waals surface area (Å²) in [4.78, 5) is 9.59. The van der Waals surface area contributed by atoms with E-state index in [9.17, 15) is 0 Å². The monoisotopic (exact) mass is 474 g/mol. The summed E-state index contributed by atoms with van der Waals surface area (Å²) in [5.41, 5.74) is 4.60. The van der Waals surface area contributed by atoms with Gasteiger partial charge >= 0.3 is 0 Å². The first-order chi connectivity index (χ1) is 16.6. The third-order valence-corrected chi connectivity index (χ3v) is 6.28. The van der Waals surface area contributed by atoms with E-state index in [1.165, 1.54) is 0 Å². The molecule has 0 aliphatic carbocycles. The molecule has 0 unspecified atom stereocenters. The number of rotatable bonds is 5. The Bertz CT molecular complexity index is 1390. The van der Waals surface area contributed by atoms with Crippen molar-refractivity contribution in [3.8, 4) is 17.1 Å². The molecule has 9 heteroatoms. The molecule has 0 N–H and O–H groups in total. The molecule has 2 aromatic carbocycles. The van der Waals surface area contributed by atoms with Crippen molar-refractivity contribution < 1.29 is 9.47 Å². The number of nitrogens with zero attached hydrogens (tertiary/aromatic N) is 6. The summed E-state index contributed by atoms with van der Waals surface area (Å²) < 4.78 is 16.0. The van der Waals surface area contributed by atoms with E-state index in [1.54, 1.807) is 0 Å². The van der Waals surface area contributed by atoms with Gasteiger partial charge in [0.2, 0.25) is 5.90 Å². The maximum Gasteiger partial charge on any atom is 0.238 e. The molecule has 0 spiro atoms. The molecule has 2 aliphatic rings. The van der Waals surface area contributed by atoms with Gasteiger partial charge in [-0.05, 0) is 37.6 Å². The fourth-order valence-electron chi connectivity index (χ4n) is 4.36. The van der Waals surface area contributed by atoms with Gasteiger partial charge in [0.15, 0.2) is 11.6 Å². The highest BCUT2D eigenvalue weighted by Gasteiger charge is 2.31. The topological polar surface area (TPSA) is 79.3 Å². The Hall–Kier alpha value is -3.49. The Balaban J connectivity index is 1.46. The van der Waals surface area contributed by atoms with E-state index < -0.39 is 0 Å². The average Bonchev–Trinajstić information content (AvgIpc) is 3.56. The van der Waals surface area contributed by atoms with Gasteiger partial charge in [0.1, 0.15) is 31.3 Å². The minimum atomic E-state index is -0.0501. The second-order valence-electron chi connectivity index (χ2n) is 8.63. The van der Waals surface area contributed by atoms with Crippen molar-refractivity contribution in [3.05, 3.63) is 82.7 Å². The smallest absolute Gasteiger partial charge is 0.238 e. The van der Waals surface area contributed by atoms with Crippen molar-refractivity contribution in [3.63, 3.8) is 0 Å². The standard InChI is InChI=1S/C25H23ClN6O2/c1-15(2)33-13-22-29-30-24-18-10-17(26)8-9-20(18)32-14-27-23(21(32)11-31(22)24)25-28-19(12-34-25)16-6-4-3-5-7-16/h3-10,14-15,19H,11-13H2,1-2H3/t19-/m1/s1. The molecule has 172 valence electrons. The Morgan fingerprint density at radius 3 is 2.82 bits per heavy atom. The van der Waals surface area contributed by atoms with Crippen molar-refractivity contribution in [2.24, 2.45) is 4.99 Å². The van der Waals surface area contributed by atoms with Crippen LogP contribution in [0, 0.1) is 0 Å². The van der Waals surface area contributed by atoms with Gasteiger partial charge in [-0.3, -0.25) is 4.57 Å². The Labute approximate surface area is 201 Å². The van der Waals surface area contributed by atoms with Crippen molar-refractivity contribution in [2.45, 2.75) is 39.1 Å². The third kappa shape index (κ3) is 3.59. The summed E-state index contributed by atoms with van der Waals surface area (Å²) in [6.45, 7) is 5.35. The molecule has 0 saturated heterocycles. The van der Waals surface area contributed by atoms with Crippen LogP contribution < -0.4 is 0 Å². The number of imidazole rings is 1.